The molecule has 1 aromatic carbocycles. The van der Waals surface area contributed by atoms with Crippen LogP contribution in [0.25, 0.3) is 11.4 Å². The Morgan fingerprint density at radius 3 is 2.61 bits per heavy atom. The van der Waals surface area contributed by atoms with Gasteiger partial charge in [-0.15, -0.1) is 10.2 Å². The van der Waals surface area contributed by atoms with Crippen molar-refractivity contribution in [1.82, 2.24) is 19.7 Å². The van der Waals surface area contributed by atoms with Crippen molar-refractivity contribution in [2.75, 3.05) is 18.2 Å². The first-order valence-electron chi connectivity index (χ1n) is 8.57. The van der Waals surface area contributed by atoms with Crippen LogP contribution < -0.4 is 5.32 Å². The number of esters is 1. The summed E-state index contributed by atoms with van der Waals surface area (Å²) in [5.41, 5.74) is 1.90. The third-order valence-corrected chi connectivity index (χ3v) is 4.84. The fraction of sp³-hybridized carbons (Fsp3) is 0.211. The molecule has 0 unspecified atom stereocenters. The van der Waals surface area contributed by atoms with E-state index in [4.69, 9.17) is 0 Å². The third-order valence-electron chi connectivity index (χ3n) is 3.87. The molecule has 0 aliphatic carbocycles. The average molecular weight is 397 g/mol. The molecule has 0 bridgehead atoms. The molecule has 0 saturated carbocycles. The number of carbonyl (C=O) groups is 2. The molecule has 0 radical (unpaired) electrons. The van der Waals surface area contributed by atoms with E-state index in [0.717, 1.165) is 11.4 Å². The van der Waals surface area contributed by atoms with E-state index in [1.807, 2.05) is 23.6 Å². The molecule has 0 saturated heterocycles. The molecule has 28 heavy (non-hydrogen) atoms. The van der Waals surface area contributed by atoms with Crippen molar-refractivity contribution in [3.05, 3.63) is 54.4 Å². The van der Waals surface area contributed by atoms with Crippen LogP contribution in [0.1, 0.15) is 17.3 Å². The molecule has 3 aromatic rings. The lowest BCUT2D eigenvalue weighted by molar-refractivity contribution is -0.113. The summed E-state index contributed by atoms with van der Waals surface area (Å²) in [5.74, 6) is 0.308. The van der Waals surface area contributed by atoms with Crippen molar-refractivity contribution in [3.8, 4) is 11.4 Å². The van der Waals surface area contributed by atoms with Gasteiger partial charge in [0.2, 0.25) is 5.91 Å². The second kappa shape index (κ2) is 9.14. The van der Waals surface area contributed by atoms with Crippen molar-refractivity contribution in [2.45, 2.75) is 18.6 Å². The zero-order valence-corrected chi connectivity index (χ0v) is 16.3. The van der Waals surface area contributed by atoms with Crippen LogP contribution in [0.15, 0.2) is 53.9 Å². The van der Waals surface area contributed by atoms with Crippen molar-refractivity contribution in [3.63, 3.8) is 0 Å². The van der Waals surface area contributed by atoms with Crippen LogP contribution in [0, 0.1) is 0 Å². The largest absolute Gasteiger partial charge is 0.465 e. The van der Waals surface area contributed by atoms with Crippen molar-refractivity contribution >= 4 is 29.3 Å². The maximum Gasteiger partial charge on any atom is 0.337 e. The number of hydrogen-bond donors (Lipinski definition) is 1. The number of aromatic nitrogens is 4. The number of hydrogen-bond acceptors (Lipinski definition) is 7. The van der Waals surface area contributed by atoms with Gasteiger partial charge in [-0.2, -0.15) is 0 Å². The van der Waals surface area contributed by atoms with Gasteiger partial charge >= 0.3 is 5.97 Å². The molecule has 0 spiro atoms. The number of benzene rings is 1. The van der Waals surface area contributed by atoms with E-state index in [0.29, 0.717) is 23.0 Å². The highest BCUT2D eigenvalue weighted by Gasteiger charge is 2.15. The number of nitrogens with zero attached hydrogens (tertiary/aromatic N) is 4. The Kier molecular flexibility index (Phi) is 6.38. The molecule has 3 rings (SSSR count). The number of ether oxygens (including phenoxy) is 1. The highest BCUT2D eigenvalue weighted by Crippen LogP contribution is 2.23. The standard InChI is InChI=1S/C19H19N5O3S/c1-3-24-17(14-5-4-10-20-11-14)22-23-19(24)28-12-16(25)21-15-8-6-13(7-9-15)18(26)27-2/h4-11H,3,12H2,1-2H3,(H,21,25). The molecule has 1 amide bonds. The van der Waals surface area contributed by atoms with Gasteiger partial charge in [0.05, 0.1) is 18.4 Å². The zero-order chi connectivity index (χ0) is 19.9. The van der Waals surface area contributed by atoms with Crippen LogP contribution in [0.5, 0.6) is 0 Å². The zero-order valence-electron chi connectivity index (χ0n) is 15.5. The Morgan fingerprint density at radius 2 is 1.96 bits per heavy atom. The highest BCUT2D eigenvalue weighted by molar-refractivity contribution is 7.99. The van der Waals surface area contributed by atoms with Crippen LogP contribution in [-0.4, -0.2) is 44.5 Å². The topological polar surface area (TPSA) is 99.0 Å². The first kappa shape index (κ1) is 19.6. The highest BCUT2D eigenvalue weighted by atomic mass is 32.2. The lowest BCUT2D eigenvalue weighted by Gasteiger charge is -2.08. The van der Waals surface area contributed by atoms with Crippen molar-refractivity contribution in [1.29, 1.82) is 0 Å². The Labute approximate surface area is 166 Å². The molecular weight excluding hydrogens is 378 g/mol. The van der Waals surface area contributed by atoms with Gasteiger partial charge in [-0.1, -0.05) is 11.8 Å². The molecule has 0 aliphatic rings. The monoisotopic (exact) mass is 397 g/mol. The molecule has 0 atom stereocenters. The molecule has 0 fully saturated rings. The number of thioether (sulfide) groups is 1. The van der Waals surface area contributed by atoms with Gasteiger partial charge in [-0.3, -0.25) is 9.78 Å². The maximum atomic E-state index is 12.2. The molecular formula is C19H19N5O3S. The summed E-state index contributed by atoms with van der Waals surface area (Å²) in [6.07, 6.45) is 3.43. The summed E-state index contributed by atoms with van der Waals surface area (Å²) in [6, 6.07) is 10.3. The minimum Gasteiger partial charge on any atom is -0.465 e. The van der Waals surface area contributed by atoms with E-state index < -0.39 is 5.97 Å². The van der Waals surface area contributed by atoms with Gasteiger partial charge in [0.1, 0.15) is 0 Å². The third kappa shape index (κ3) is 4.55. The number of pyridine rings is 1. The van der Waals surface area contributed by atoms with E-state index in [2.05, 4.69) is 25.2 Å². The summed E-state index contributed by atoms with van der Waals surface area (Å²) in [4.78, 5) is 27.8. The smallest absolute Gasteiger partial charge is 0.337 e. The molecule has 2 aromatic heterocycles. The van der Waals surface area contributed by atoms with Gasteiger partial charge in [0.25, 0.3) is 0 Å². The van der Waals surface area contributed by atoms with E-state index in [1.54, 1.807) is 36.7 Å². The molecule has 0 aliphatic heterocycles. The summed E-state index contributed by atoms with van der Waals surface area (Å²) in [6.45, 7) is 2.67. The predicted molar refractivity (Wildman–Crippen MR) is 106 cm³/mol. The Bertz CT molecular complexity index is 957. The number of methoxy groups -OCH3 is 1. The fourth-order valence-electron chi connectivity index (χ4n) is 2.52. The van der Waals surface area contributed by atoms with E-state index in [1.165, 1.54) is 18.9 Å². The fourth-order valence-corrected chi connectivity index (χ4v) is 3.33. The van der Waals surface area contributed by atoms with E-state index >= 15 is 0 Å². The summed E-state index contributed by atoms with van der Waals surface area (Å²) < 4.78 is 6.60. The van der Waals surface area contributed by atoms with Crippen LogP contribution in [-0.2, 0) is 16.1 Å². The van der Waals surface area contributed by atoms with E-state index in [9.17, 15) is 9.59 Å². The van der Waals surface area contributed by atoms with E-state index in [-0.39, 0.29) is 11.7 Å². The van der Waals surface area contributed by atoms with Gasteiger partial charge in [-0.05, 0) is 43.3 Å². The van der Waals surface area contributed by atoms with Crippen molar-refractivity contribution < 1.29 is 14.3 Å². The Hall–Kier alpha value is -3.20. The average Bonchev–Trinajstić information content (AvgIpc) is 3.16. The minimum absolute atomic E-state index is 0.176. The maximum absolute atomic E-state index is 12.2. The summed E-state index contributed by atoms with van der Waals surface area (Å²) in [5, 5.41) is 11.9. The lowest BCUT2D eigenvalue weighted by atomic mass is 10.2. The molecule has 144 valence electrons. The quantitative estimate of drug-likeness (QED) is 0.483. The lowest BCUT2D eigenvalue weighted by Crippen LogP contribution is -2.14. The van der Waals surface area contributed by atoms with Crippen molar-refractivity contribution in [2.24, 2.45) is 0 Å². The number of nitrogens with one attached hydrogen (secondary N) is 1. The molecule has 8 nitrogen and oxygen atoms in total. The number of anilines is 1. The number of carbonyl (C=O) groups excluding carboxylic acids is 2. The van der Waals surface area contributed by atoms with Crippen LogP contribution in [0.4, 0.5) is 5.69 Å². The number of amides is 1. The first-order valence-corrected chi connectivity index (χ1v) is 9.55. The summed E-state index contributed by atoms with van der Waals surface area (Å²) >= 11 is 1.31. The second-order valence-electron chi connectivity index (χ2n) is 5.70. The predicted octanol–water partition coefficient (Wildman–Crippen LogP) is 2.88. The van der Waals surface area contributed by atoms with Crippen LogP contribution in [0.2, 0.25) is 0 Å². The normalized spacial score (nSPS) is 10.5. The molecule has 1 N–H and O–H groups in total. The van der Waals surface area contributed by atoms with Crippen LogP contribution in [0.3, 0.4) is 0 Å². The first-order chi connectivity index (χ1) is 13.6. The second-order valence-corrected chi connectivity index (χ2v) is 6.64. The Balaban J connectivity index is 1.62. The van der Waals surface area contributed by atoms with Crippen LogP contribution >= 0.6 is 11.8 Å². The summed E-state index contributed by atoms with van der Waals surface area (Å²) in [7, 11) is 1.32. The Morgan fingerprint density at radius 1 is 1.18 bits per heavy atom. The molecule has 9 heteroatoms. The molecule has 2 heterocycles. The SMILES string of the molecule is CCn1c(SCC(=O)Nc2ccc(C(=O)OC)cc2)nnc1-c1cccnc1. The van der Waals surface area contributed by atoms with Gasteiger partial charge in [-0.25, -0.2) is 4.79 Å². The van der Waals surface area contributed by atoms with Gasteiger partial charge in [0, 0.05) is 30.2 Å². The number of rotatable bonds is 7. The minimum atomic E-state index is -0.420. The van der Waals surface area contributed by atoms with Gasteiger partial charge < -0.3 is 14.6 Å². The van der Waals surface area contributed by atoms with Gasteiger partial charge in [0.15, 0.2) is 11.0 Å².